The Hall–Kier alpha value is -4.32. The second kappa shape index (κ2) is 12.2. The van der Waals surface area contributed by atoms with Crippen LogP contribution in [-0.2, 0) is 32.5 Å². The monoisotopic (exact) mass is 836 g/mol. The zero-order valence-electron chi connectivity index (χ0n) is 38.9. The molecule has 11 rings (SSSR count). The minimum atomic E-state index is 0.0713. The second-order valence-electron chi connectivity index (χ2n) is 23.7. The molecule has 4 aliphatic rings. The van der Waals surface area contributed by atoms with Crippen LogP contribution in [-0.4, -0.2) is 6.71 Å². The minimum Gasteiger partial charge on any atom is -0.310 e. The van der Waals surface area contributed by atoms with Gasteiger partial charge in [0.1, 0.15) is 0 Å². The molecule has 2 aliphatic carbocycles. The van der Waals surface area contributed by atoms with Gasteiger partial charge in [-0.25, -0.2) is 0 Å². The zero-order chi connectivity index (χ0) is 43.1. The summed E-state index contributed by atoms with van der Waals surface area (Å²) in [7, 11) is 0. The predicted molar refractivity (Wildman–Crippen MR) is 270 cm³/mol. The number of rotatable bonds is 2. The molecule has 0 amide bonds. The summed E-state index contributed by atoms with van der Waals surface area (Å²) in [4.78, 5) is 5.29. The smallest absolute Gasteiger partial charge is 0.277 e. The molecule has 7 aromatic rings. The fraction of sp³-hybridized carbons (Fsp3) is 0.393. The highest BCUT2D eigenvalue weighted by Crippen LogP contribution is 2.56. The van der Waals surface area contributed by atoms with E-state index in [9.17, 15) is 0 Å². The van der Waals surface area contributed by atoms with Crippen LogP contribution >= 0.6 is 22.7 Å². The average molecular weight is 837 g/mol. The molecule has 2 aliphatic heterocycles. The average Bonchev–Trinajstić information content (AvgIpc) is 3.83. The van der Waals surface area contributed by atoms with Crippen molar-refractivity contribution in [3.05, 3.63) is 124 Å². The quantitative estimate of drug-likeness (QED) is 0.160. The van der Waals surface area contributed by atoms with Crippen LogP contribution in [0.5, 0.6) is 0 Å². The molecule has 5 aromatic carbocycles. The van der Waals surface area contributed by atoms with Crippen molar-refractivity contribution in [2.75, 3.05) is 9.80 Å². The second-order valence-corrected chi connectivity index (χ2v) is 25.9. The normalized spacial score (nSPS) is 19.0. The first kappa shape index (κ1) is 39.5. The standard InChI is InChI=1S/C56H61BN2S2/c1-51(2,3)32-18-22-34(23-19-32)58-42-16-15-17-43-46(42)57(49-47(58)36-26-38-40(28-44(36)60-49)55(11,12)30-53(38,7)8)50-48(59(43)35-24-20-33(21-25-35)52(4,5)6)37-27-39-41(29-45(37)61-50)56(13,14)31-54(39,9)10/h15-29H,30-31H2,1-14H3. The molecule has 0 atom stereocenters. The molecule has 2 nitrogen and oxygen atoms in total. The lowest BCUT2D eigenvalue weighted by Gasteiger charge is -2.42. The summed E-state index contributed by atoms with van der Waals surface area (Å²) in [5, 5.41) is 2.79. The lowest BCUT2D eigenvalue weighted by atomic mass is 9.39. The minimum absolute atomic E-state index is 0.0713. The third kappa shape index (κ3) is 5.57. The van der Waals surface area contributed by atoms with Gasteiger partial charge in [-0.15, -0.1) is 22.7 Å². The van der Waals surface area contributed by atoms with E-state index in [-0.39, 0.29) is 39.2 Å². The number of benzene rings is 5. The summed E-state index contributed by atoms with van der Waals surface area (Å²) in [5.74, 6) is 0. The van der Waals surface area contributed by atoms with Crippen LogP contribution in [0, 0.1) is 0 Å². The molecular weight excluding hydrogens is 776 g/mol. The Morgan fingerprint density at radius 2 is 0.820 bits per heavy atom. The molecule has 0 saturated carbocycles. The highest BCUT2D eigenvalue weighted by atomic mass is 32.1. The highest BCUT2D eigenvalue weighted by Gasteiger charge is 2.49. The molecule has 310 valence electrons. The first-order valence-electron chi connectivity index (χ1n) is 22.6. The van der Waals surface area contributed by atoms with E-state index in [4.69, 9.17) is 0 Å². The fourth-order valence-corrected chi connectivity index (χ4v) is 15.3. The molecule has 5 heteroatoms. The van der Waals surface area contributed by atoms with Crippen molar-refractivity contribution < 1.29 is 0 Å². The van der Waals surface area contributed by atoms with Crippen molar-refractivity contribution >= 4 is 98.7 Å². The molecule has 0 fully saturated rings. The zero-order valence-corrected chi connectivity index (χ0v) is 40.5. The van der Waals surface area contributed by atoms with Crippen molar-refractivity contribution in [1.29, 1.82) is 0 Å². The Morgan fingerprint density at radius 1 is 0.475 bits per heavy atom. The number of hydrogen-bond donors (Lipinski definition) is 0. The van der Waals surface area contributed by atoms with Gasteiger partial charge in [-0.1, -0.05) is 127 Å². The van der Waals surface area contributed by atoms with Gasteiger partial charge in [-0.3, -0.25) is 0 Å². The molecule has 0 N–H and O–H groups in total. The van der Waals surface area contributed by atoms with Crippen LogP contribution in [0.2, 0.25) is 0 Å². The fourth-order valence-electron chi connectivity index (χ4n) is 12.6. The van der Waals surface area contributed by atoms with E-state index in [1.54, 1.807) is 0 Å². The summed E-state index contributed by atoms with van der Waals surface area (Å²) in [6.07, 6.45) is 2.33. The van der Waals surface area contributed by atoms with Gasteiger partial charge in [0.25, 0.3) is 6.71 Å². The van der Waals surface area contributed by atoms with Crippen LogP contribution in [0.4, 0.5) is 34.1 Å². The number of thiophene rings is 2. The number of anilines is 6. The Morgan fingerprint density at radius 3 is 1.16 bits per heavy atom. The van der Waals surface area contributed by atoms with Gasteiger partial charge in [0.05, 0.1) is 11.4 Å². The summed E-state index contributed by atoms with van der Waals surface area (Å²) in [6, 6.07) is 36.6. The van der Waals surface area contributed by atoms with Gasteiger partial charge in [0.15, 0.2) is 0 Å². The van der Waals surface area contributed by atoms with Crippen LogP contribution in [0.1, 0.15) is 143 Å². The van der Waals surface area contributed by atoms with Crippen molar-refractivity contribution in [2.45, 2.75) is 142 Å². The summed E-state index contributed by atoms with van der Waals surface area (Å²) < 4.78 is 5.76. The molecule has 61 heavy (non-hydrogen) atoms. The van der Waals surface area contributed by atoms with Gasteiger partial charge in [-0.2, -0.15) is 0 Å². The molecule has 4 heterocycles. The molecule has 0 bridgehead atoms. The third-order valence-electron chi connectivity index (χ3n) is 15.1. The van der Waals surface area contributed by atoms with E-state index in [2.05, 4.69) is 220 Å². The first-order chi connectivity index (χ1) is 28.5. The van der Waals surface area contributed by atoms with Gasteiger partial charge < -0.3 is 9.80 Å². The van der Waals surface area contributed by atoms with E-state index in [0.29, 0.717) is 0 Å². The topological polar surface area (TPSA) is 6.48 Å². The lowest BCUT2D eigenvalue weighted by Crippen LogP contribution is -2.59. The summed E-state index contributed by atoms with van der Waals surface area (Å²) in [6.45, 7) is 33.7. The Balaban J connectivity index is 1.25. The number of hydrogen-bond acceptors (Lipinski definition) is 4. The highest BCUT2D eigenvalue weighted by molar-refractivity contribution is 7.40. The Kier molecular flexibility index (Phi) is 7.93. The van der Waals surface area contributed by atoms with Crippen molar-refractivity contribution in [2.24, 2.45) is 0 Å². The maximum atomic E-state index is 2.65. The van der Waals surface area contributed by atoms with Gasteiger partial charge >= 0.3 is 0 Å². The number of fused-ring (bicyclic) bond motifs is 10. The van der Waals surface area contributed by atoms with E-state index in [0.717, 1.165) is 12.8 Å². The van der Waals surface area contributed by atoms with Crippen molar-refractivity contribution in [3.8, 4) is 0 Å². The van der Waals surface area contributed by atoms with Crippen LogP contribution in [0.3, 0.4) is 0 Å². The molecule has 0 spiro atoms. The van der Waals surface area contributed by atoms with E-state index >= 15 is 0 Å². The largest absolute Gasteiger partial charge is 0.310 e. The van der Waals surface area contributed by atoms with E-state index < -0.39 is 0 Å². The first-order valence-corrected chi connectivity index (χ1v) is 24.3. The predicted octanol–water partition coefficient (Wildman–Crippen LogP) is 14.7. The Labute approximate surface area is 373 Å². The van der Waals surface area contributed by atoms with Crippen molar-refractivity contribution in [1.82, 2.24) is 0 Å². The summed E-state index contributed by atoms with van der Waals surface area (Å²) >= 11 is 4.11. The van der Waals surface area contributed by atoms with E-state index in [1.807, 2.05) is 0 Å². The maximum Gasteiger partial charge on any atom is 0.277 e. The Bertz CT molecular complexity index is 2790. The molecular formula is C56H61BN2S2. The van der Waals surface area contributed by atoms with Gasteiger partial charge in [0.2, 0.25) is 0 Å². The lowest BCUT2D eigenvalue weighted by molar-refractivity contribution is 0.403. The molecule has 0 saturated heterocycles. The maximum absolute atomic E-state index is 2.65. The number of nitrogens with zero attached hydrogens (tertiary/aromatic N) is 2. The van der Waals surface area contributed by atoms with Crippen molar-refractivity contribution in [3.63, 3.8) is 0 Å². The summed E-state index contributed by atoms with van der Waals surface area (Å²) in [5.41, 5.74) is 18.6. The van der Waals surface area contributed by atoms with Gasteiger partial charge in [-0.05, 0) is 145 Å². The van der Waals surface area contributed by atoms with Gasteiger partial charge in [0, 0.05) is 52.5 Å². The molecule has 0 radical (unpaired) electrons. The SMILES string of the molecule is CC(C)(C)c1ccc(N2c3cccc4c3B(c3sc5cc6c(cc5c32)C(C)(C)CC6(C)C)c2sc3cc5c(cc3c2N4c2ccc(C(C)(C)C)cc2)C(C)(C)CC5(C)C)cc1. The van der Waals surface area contributed by atoms with Crippen LogP contribution in [0.25, 0.3) is 20.2 Å². The molecule has 0 unspecified atom stereocenters. The van der Waals surface area contributed by atoms with E-state index in [1.165, 1.54) is 103 Å². The van der Waals surface area contributed by atoms with Crippen LogP contribution < -0.4 is 24.8 Å². The molecule has 2 aromatic heterocycles. The van der Waals surface area contributed by atoms with Crippen LogP contribution in [0.15, 0.2) is 91.0 Å². The third-order valence-corrected chi connectivity index (χ3v) is 17.5.